The summed E-state index contributed by atoms with van der Waals surface area (Å²) in [6, 6.07) is 6.09. The molecule has 0 saturated carbocycles. The smallest absolute Gasteiger partial charge is 0.178 e. The van der Waals surface area contributed by atoms with Gasteiger partial charge in [0.1, 0.15) is 5.84 Å². The van der Waals surface area contributed by atoms with Gasteiger partial charge < -0.3 is 5.73 Å². The van der Waals surface area contributed by atoms with Crippen LogP contribution in [0.3, 0.4) is 0 Å². The number of nitrogen functional groups attached to an aromatic ring is 1. The molecular weight excluding hydrogens is 224 g/mol. The molecule has 16 heavy (non-hydrogen) atoms. The van der Waals surface area contributed by atoms with Crippen LogP contribution in [-0.2, 0) is 9.84 Å². The topological polar surface area (TPSA) is 84.0 Å². The number of benzene rings is 1. The lowest BCUT2D eigenvalue weighted by Gasteiger charge is -2.07. The SMILES string of the molecule is CC(C)CS(=O)(=O)c1ccc(C(=N)N)cc1. The Morgan fingerprint density at radius 3 is 2.19 bits per heavy atom. The van der Waals surface area contributed by atoms with Crippen molar-refractivity contribution < 1.29 is 8.42 Å². The standard InChI is InChI=1S/C11H16N2O2S/c1-8(2)7-16(14,15)10-5-3-9(4-6-10)11(12)13/h3-6,8H,7H2,1-2H3,(H3,12,13). The van der Waals surface area contributed by atoms with Gasteiger partial charge >= 0.3 is 0 Å². The Kier molecular flexibility index (Phi) is 3.70. The molecule has 4 nitrogen and oxygen atoms in total. The van der Waals surface area contributed by atoms with Crippen molar-refractivity contribution in [1.82, 2.24) is 0 Å². The lowest BCUT2D eigenvalue weighted by molar-refractivity contribution is 0.582. The van der Waals surface area contributed by atoms with Gasteiger partial charge in [-0.3, -0.25) is 5.41 Å². The van der Waals surface area contributed by atoms with E-state index in [-0.39, 0.29) is 22.4 Å². The van der Waals surface area contributed by atoms with E-state index in [1.54, 1.807) is 12.1 Å². The number of nitrogens with one attached hydrogen (secondary N) is 1. The predicted molar refractivity (Wildman–Crippen MR) is 64.3 cm³/mol. The van der Waals surface area contributed by atoms with Crippen LogP contribution in [0.2, 0.25) is 0 Å². The van der Waals surface area contributed by atoms with Gasteiger partial charge in [-0.1, -0.05) is 26.0 Å². The first kappa shape index (κ1) is 12.7. The van der Waals surface area contributed by atoms with Gasteiger partial charge in [-0.25, -0.2) is 8.42 Å². The van der Waals surface area contributed by atoms with Crippen molar-refractivity contribution in [3.8, 4) is 0 Å². The highest BCUT2D eigenvalue weighted by Crippen LogP contribution is 2.14. The molecule has 0 unspecified atom stereocenters. The van der Waals surface area contributed by atoms with Crippen molar-refractivity contribution in [1.29, 1.82) is 5.41 Å². The van der Waals surface area contributed by atoms with E-state index in [1.807, 2.05) is 13.8 Å². The van der Waals surface area contributed by atoms with Gasteiger partial charge in [0.25, 0.3) is 0 Å². The number of sulfone groups is 1. The summed E-state index contributed by atoms with van der Waals surface area (Å²) in [6.45, 7) is 3.73. The van der Waals surface area contributed by atoms with Crippen molar-refractivity contribution in [3.63, 3.8) is 0 Å². The van der Waals surface area contributed by atoms with Crippen LogP contribution in [0, 0.1) is 11.3 Å². The van der Waals surface area contributed by atoms with Crippen molar-refractivity contribution in [2.75, 3.05) is 5.75 Å². The fourth-order valence-corrected chi connectivity index (χ4v) is 3.00. The molecule has 0 heterocycles. The highest BCUT2D eigenvalue weighted by Gasteiger charge is 2.16. The van der Waals surface area contributed by atoms with Crippen LogP contribution in [0.5, 0.6) is 0 Å². The van der Waals surface area contributed by atoms with Crippen LogP contribution in [0.4, 0.5) is 0 Å². The summed E-state index contributed by atoms with van der Waals surface area (Å²) in [5, 5.41) is 7.20. The van der Waals surface area contributed by atoms with Crippen LogP contribution >= 0.6 is 0 Å². The van der Waals surface area contributed by atoms with Gasteiger partial charge in [0.15, 0.2) is 9.84 Å². The molecule has 0 aliphatic carbocycles. The molecule has 1 aromatic rings. The Balaban J connectivity index is 3.02. The normalized spacial score (nSPS) is 11.7. The summed E-state index contributed by atoms with van der Waals surface area (Å²) in [7, 11) is -3.21. The molecule has 0 saturated heterocycles. The molecule has 0 bridgehead atoms. The third kappa shape index (κ3) is 3.06. The highest BCUT2D eigenvalue weighted by molar-refractivity contribution is 7.91. The minimum absolute atomic E-state index is 0.0622. The predicted octanol–water partition coefficient (Wildman–Crippen LogP) is 1.40. The molecule has 0 aromatic heterocycles. The lowest BCUT2D eigenvalue weighted by Crippen LogP contribution is -2.13. The van der Waals surface area contributed by atoms with Gasteiger partial charge in [0.05, 0.1) is 10.6 Å². The van der Waals surface area contributed by atoms with Crippen LogP contribution in [-0.4, -0.2) is 20.0 Å². The van der Waals surface area contributed by atoms with Gasteiger partial charge in [0.2, 0.25) is 0 Å². The van der Waals surface area contributed by atoms with Gasteiger partial charge in [-0.2, -0.15) is 0 Å². The Hall–Kier alpha value is -1.36. The van der Waals surface area contributed by atoms with E-state index < -0.39 is 9.84 Å². The van der Waals surface area contributed by atoms with Crippen molar-refractivity contribution in [3.05, 3.63) is 29.8 Å². The summed E-state index contributed by atoms with van der Waals surface area (Å²) < 4.78 is 23.7. The first-order chi connectivity index (χ1) is 7.33. The van der Waals surface area contributed by atoms with E-state index in [0.29, 0.717) is 5.56 Å². The molecular formula is C11H16N2O2S. The molecule has 0 aliphatic heterocycles. The summed E-state index contributed by atoms with van der Waals surface area (Å²) in [5.41, 5.74) is 5.82. The summed E-state index contributed by atoms with van der Waals surface area (Å²) >= 11 is 0. The zero-order valence-corrected chi connectivity index (χ0v) is 10.2. The highest BCUT2D eigenvalue weighted by atomic mass is 32.2. The van der Waals surface area contributed by atoms with Crippen molar-refractivity contribution in [2.24, 2.45) is 11.7 Å². The van der Waals surface area contributed by atoms with E-state index in [2.05, 4.69) is 0 Å². The summed E-state index contributed by atoms with van der Waals surface area (Å²) in [5.74, 6) is 0.164. The second kappa shape index (κ2) is 4.65. The molecule has 88 valence electrons. The number of rotatable bonds is 4. The minimum atomic E-state index is -3.21. The monoisotopic (exact) mass is 240 g/mol. The zero-order chi connectivity index (χ0) is 12.3. The Morgan fingerprint density at radius 1 is 1.31 bits per heavy atom. The minimum Gasteiger partial charge on any atom is -0.384 e. The van der Waals surface area contributed by atoms with Gasteiger partial charge in [0, 0.05) is 5.56 Å². The van der Waals surface area contributed by atoms with E-state index in [4.69, 9.17) is 11.1 Å². The second-order valence-corrected chi connectivity index (χ2v) is 6.15. The fraction of sp³-hybridized carbons (Fsp3) is 0.364. The molecule has 0 fully saturated rings. The van der Waals surface area contributed by atoms with Gasteiger partial charge in [-0.05, 0) is 18.1 Å². The van der Waals surface area contributed by atoms with E-state index in [9.17, 15) is 8.42 Å². The first-order valence-electron chi connectivity index (χ1n) is 5.00. The number of hydrogen-bond donors (Lipinski definition) is 2. The van der Waals surface area contributed by atoms with E-state index >= 15 is 0 Å². The van der Waals surface area contributed by atoms with Crippen LogP contribution in [0.25, 0.3) is 0 Å². The fourth-order valence-electron chi connectivity index (χ4n) is 1.38. The van der Waals surface area contributed by atoms with Crippen molar-refractivity contribution in [2.45, 2.75) is 18.7 Å². The third-order valence-corrected chi connectivity index (χ3v) is 4.17. The maximum Gasteiger partial charge on any atom is 0.178 e. The Bertz CT molecular complexity index is 475. The van der Waals surface area contributed by atoms with E-state index in [1.165, 1.54) is 12.1 Å². The van der Waals surface area contributed by atoms with Crippen LogP contribution in [0.15, 0.2) is 29.2 Å². The largest absolute Gasteiger partial charge is 0.384 e. The average molecular weight is 240 g/mol. The Labute approximate surface area is 95.9 Å². The molecule has 0 amide bonds. The molecule has 0 spiro atoms. The molecule has 1 aromatic carbocycles. The summed E-state index contributed by atoms with van der Waals surface area (Å²) in [6.07, 6.45) is 0. The van der Waals surface area contributed by atoms with Crippen LogP contribution in [0.1, 0.15) is 19.4 Å². The van der Waals surface area contributed by atoms with Crippen LogP contribution < -0.4 is 5.73 Å². The molecule has 3 N–H and O–H groups in total. The molecule has 1 rings (SSSR count). The number of hydrogen-bond acceptors (Lipinski definition) is 3. The average Bonchev–Trinajstić information content (AvgIpc) is 2.16. The molecule has 0 aliphatic rings. The third-order valence-electron chi connectivity index (χ3n) is 2.08. The quantitative estimate of drug-likeness (QED) is 0.616. The number of nitrogens with two attached hydrogens (primary N) is 1. The van der Waals surface area contributed by atoms with E-state index in [0.717, 1.165) is 0 Å². The lowest BCUT2D eigenvalue weighted by atomic mass is 10.2. The number of amidine groups is 1. The zero-order valence-electron chi connectivity index (χ0n) is 9.40. The Morgan fingerprint density at radius 2 is 1.81 bits per heavy atom. The van der Waals surface area contributed by atoms with Gasteiger partial charge in [-0.15, -0.1) is 0 Å². The molecule has 5 heteroatoms. The van der Waals surface area contributed by atoms with Crippen molar-refractivity contribution >= 4 is 15.7 Å². The maximum absolute atomic E-state index is 11.8. The first-order valence-corrected chi connectivity index (χ1v) is 6.65. The maximum atomic E-state index is 11.8. The second-order valence-electron chi connectivity index (χ2n) is 4.11. The summed E-state index contributed by atoms with van der Waals surface area (Å²) in [4.78, 5) is 0.284. The molecule has 0 atom stereocenters. The molecule has 0 radical (unpaired) electrons.